The van der Waals surface area contributed by atoms with Crippen LogP contribution in [0.4, 0.5) is 0 Å². The Bertz CT molecular complexity index is 145. The zero-order chi connectivity index (χ0) is 7.90. The van der Waals surface area contributed by atoms with E-state index in [9.17, 15) is 0 Å². The minimum absolute atomic E-state index is 0.680. The minimum Gasteiger partial charge on any atom is -0.316 e. The molecule has 0 aromatic heterocycles. The molecule has 0 aliphatic heterocycles. The fourth-order valence-electron chi connectivity index (χ4n) is 2.43. The van der Waals surface area contributed by atoms with E-state index < -0.39 is 0 Å². The molecule has 1 unspecified atom stereocenters. The quantitative estimate of drug-likeness (QED) is 0.655. The van der Waals surface area contributed by atoms with Gasteiger partial charge in [0.15, 0.2) is 0 Å². The molecule has 2 fully saturated rings. The number of nitrogens with one attached hydrogen (secondary N) is 1. The Morgan fingerprint density at radius 3 is 2.27 bits per heavy atom. The summed E-state index contributed by atoms with van der Waals surface area (Å²) in [6, 6.07) is 0.830. The zero-order valence-corrected chi connectivity index (χ0v) is 7.69. The van der Waals surface area contributed by atoms with Gasteiger partial charge in [-0.25, -0.2) is 0 Å². The van der Waals surface area contributed by atoms with Crippen LogP contribution in [-0.2, 0) is 0 Å². The van der Waals surface area contributed by atoms with Gasteiger partial charge in [-0.3, -0.25) is 0 Å². The summed E-state index contributed by atoms with van der Waals surface area (Å²) in [5.74, 6) is 1.01. The highest BCUT2D eigenvalue weighted by atomic mass is 14.9. The first kappa shape index (κ1) is 7.60. The molecule has 0 saturated heterocycles. The lowest BCUT2D eigenvalue weighted by atomic mass is 9.74. The van der Waals surface area contributed by atoms with Gasteiger partial charge in [0, 0.05) is 6.04 Å². The monoisotopic (exact) mass is 153 g/mol. The van der Waals surface area contributed by atoms with Gasteiger partial charge >= 0.3 is 0 Å². The van der Waals surface area contributed by atoms with Crippen LogP contribution in [0.1, 0.15) is 39.0 Å². The molecular formula is C10H19N. The van der Waals surface area contributed by atoms with Crippen molar-refractivity contribution in [3.8, 4) is 0 Å². The first-order valence-corrected chi connectivity index (χ1v) is 4.93. The van der Waals surface area contributed by atoms with E-state index >= 15 is 0 Å². The van der Waals surface area contributed by atoms with Gasteiger partial charge in [-0.2, -0.15) is 0 Å². The van der Waals surface area contributed by atoms with Gasteiger partial charge in [0.25, 0.3) is 0 Å². The Morgan fingerprint density at radius 2 is 2.00 bits per heavy atom. The molecule has 2 saturated carbocycles. The summed E-state index contributed by atoms with van der Waals surface area (Å²) in [7, 11) is 2.13. The maximum atomic E-state index is 3.51. The molecule has 2 aliphatic rings. The molecule has 1 nitrogen and oxygen atoms in total. The molecule has 0 bridgehead atoms. The Labute approximate surface area is 69.6 Å². The molecule has 0 aromatic carbocycles. The van der Waals surface area contributed by atoms with Crippen LogP contribution < -0.4 is 5.32 Å². The summed E-state index contributed by atoms with van der Waals surface area (Å²) >= 11 is 0. The Hall–Kier alpha value is -0.0400. The van der Waals surface area contributed by atoms with Crippen molar-refractivity contribution in [1.82, 2.24) is 5.32 Å². The second-order valence-electron chi connectivity index (χ2n) is 4.61. The third-order valence-electron chi connectivity index (χ3n) is 3.72. The van der Waals surface area contributed by atoms with E-state index in [0.29, 0.717) is 5.41 Å². The highest BCUT2D eigenvalue weighted by Crippen LogP contribution is 2.52. The summed E-state index contributed by atoms with van der Waals surface area (Å²) in [5, 5.41) is 3.51. The molecule has 1 N–H and O–H groups in total. The maximum Gasteiger partial charge on any atom is 0.0146 e. The van der Waals surface area contributed by atoms with E-state index in [4.69, 9.17) is 0 Å². The zero-order valence-electron chi connectivity index (χ0n) is 7.69. The van der Waals surface area contributed by atoms with Gasteiger partial charge in [-0.05, 0) is 44.1 Å². The highest BCUT2D eigenvalue weighted by Gasteiger charge is 2.48. The molecule has 0 amide bonds. The van der Waals surface area contributed by atoms with Crippen molar-refractivity contribution in [3.05, 3.63) is 0 Å². The number of rotatable bonds is 3. The highest BCUT2D eigenvalue weighted by molar-refractivity contribution is 5.02. The summed E-state index contributed by atoms with van der Waals surface area (Å²) in [4.78, 5) is 0. The summed E-state index contributed by atoms with van der Waals surface area (Å²) < 4.78 is 0. The minimum atomic E-state index is 0.680. The first-order valence-electron chi connectivity index (χ1n) is 4.93. The van der Waals surface area contributed by atoms with E-state index in [1.165, 1.54) is 32.1 Å². The largest absolute Gasteiger partial charge is 0.316 e. The Kier molecular flexibility index (Phi) is 1.71. The maximum absolute atomic E-state index is 3.51. The lowest BCUT2D eigenvalue weighted by molar-refractivity contribution is 0.177. The summed E-state index contributed by atoms with van der Waals surface area (Å²) in [5.41, 5.74) is 0.680. The van der Waals surface area contributed by atoms with Crippen LogP contribution in [0.25, 0.3) is 0 Å². The number of hydrogen-bond acceptors (Lipinski definition) is 1. The third-order valence-corrected chi connectivity index (χ3v) is 3.72. The van der Waals surface area contributed by atoms with Crippen LogP contribution in [0.15, 0.2) is 0 Å². The third kappa shape index (κ3) is 1.20. The SMILES string of the molecule is CNC(C1CCC1)C1(C)CC1. The molecular weight excluding hydrogens is 134 g/mol. The molecule has 1 heteroatoms. The first-order chi connectivity index (χ1) is 5.26. The van der Waals surface area contributed by atoms with Crippen molar-refractivity contribution in [2.75, 3.05) is 7.05 Å². The van der Waals surface area contributed by atoms with Gasteiger partial charge in [-0.1, -0.05) is 13.3 Å². The van der Waals surface area contributed by atoms with E-state index in [0.717, 1.165) is 12.0 Å². The van der Waals surface area contributed by atoms with Crippen molar-refractivity contribution in [1.29, 1.82) is 0 Å². The molecule has 11 heavy (non-hydrogen) atoms. The fraction of sp³-hybridized carbons (Fsp3) is 1.00. The van der Waals surface area contributed by atoms with Crippen molar-refractivity contribution < 1.29 is 0 Å². The second-order valence-corrected chi connectivity index (χ2v) is 4.61. The molecule has 2 aliphatic carbocycles. The van der Waals surface area contributed by atoms with E-state index in [2.05, 4.69) is 19.3 Å². The van der Waals surface area contributed by atoms with Crippen LogP contribution in [-0.4, -0.2) is 13.1 Å². The molecule has 0 radical (unpaired) electrons. The van der Waals surface area contributed by atoms with Crippen molar-refractivity contribution >= 4 is 0 Å². The van der Waals surface area contributed by atoms with Crippen molar-refractivity contribution in [2.24, 2.45) is 11.3 Å². The van der Waals surface area contributed by atoms with E-state index in [1.807, 2.05) is 0 Å². The molecule has 1 atom stereocenters. The molecule has 2 rings (SSSR count). The normalized spacial score (nSPS) is 31.1. The lowest BCUT2D eigenvalue weighted by Gasteiger charge is -2.37. The Balaban J connectivity index is 1.94. The molecule has 0 aromatic rings. The average molecular weight is 153 g/mol. The fourth-order valence-corrected chi connectivity index (χ4v) is 2.43. The van der Waals surface area contributed by atoms with Crippen LogP contribution in [0.2, 0.25) is 0 Å². The van der Waals surface area contributed by atoms with Crippen LogP contribution in [0.3, 0.4) is 0 Å². The summed E-state index contributed by atoms with van der Waals surface area (Å²) in [6.45, 7) is 2.44. The van der Waals surface area contributed by atoms with Gasteiger partial charge in [0.1, 0.15) is 0 Å². The lowest BCUT2D eigenvalue weighted by Crippen LogP contribution is -2.43. The van der Waals surface area contributed by atoms with Crippen molar-refractivity contribution in [2.45, 2.75) is 45.1 Å². The van der Waals surface area contributed by atoms with Gasteiger partial charge < -0.3 is 5.32 Å². The standard InChI is InChI=1S/C10H19N/c1-10(6-7-10)9(11-2)8-4-3-5-8/h8-9,11H,3-7H2,1-2H3. The van der Waals surface area contributed by atoms with E-state index in [-0.39, 0.29) is 0 Å². The van der Waals surface area contributed by atoms with Crippen LogP contribution in [0, 0.1) is 11.3 Å². The van der Waals surface area contributed by atoms with Crippen molar-refractivity contribution in [3.63, 3.8) is 0 Å². The number of hydrogen-bond donors (Lipinski definition) is 1. The van der Waals surface area contributed by atoms with Gasteiger partial charge in [0.05, 0.1) is 0 Å². The molecule has 0 heterocycles. The predicted molar refractivity (Wildman–Crippen MR) is 47.5 cm³/mol. The van der Waals surface area contributed by atoms with Crippen LogP contribution >= 0.6 is 0 Å². The van der Waals surface area contributed by atoms with Crippen LogP contribution in [0.5, 0.6) is 0 Å². The molecule has 64 valence electrons. The summed E-state index contributed by atoms with van der Waals surface area (Å²) in [6.07, 6.45) is 7.32. The predicted octanol–water partition coefficient (Wildman–Crippen LogP) is 2.17. The average Bonchev–Trinajstić information content (AvgIpc) is 2.59. The molecule has 0 spiro atoms. The smallest absolute Gasteiger partial charge is 0.0146 e. The van der Waals surface area contributed by atoms with Gasteiger partial charge in [-0.15, -0.1) is 0 Å². The second kappa shape index (κ2) is 2.48. The topological polar surface area (TPSA) is 12.0 Å². The van der Waals surface area contributed by atoms with Gasteiger partial charge in [0.2, 0.25) is 0 Å². The Morgan fingerprint density at radius 1 is 1.36 bits per heavy atom. The van der Waals surface area contributed by atoms with E-state index in [1.54, 1.807) is 0 Å².